The van der Waals surface area contributed by atoms with E-state index in [4.69, 9.17) is 10.8 Å². The van der Waals surface area contributed by atoms with E-state index >= 15 is 0 Å². The molecule has 5 heteroatoms. The van der Waals surface area contributed by atoms with Crippen LogP contribution in [0.1, 0.15) is 38.5 Å². The Kier molecular flexibility index (Phi) is 2.92. The lowest BCUT2D eigenvalue weighted by Crippen LogP contribution is -2.19. The summed E-state index contributed by atoms with van der Waals surface area (Å²) in [5.41, 5.74) is 5.59. The Morgan fingerprint density at radius 2 is 2.07 bits per heavy atom. The number of rotatable bonds is 2. The predicted octanol–water partition coefficient (Wildman–Crippen LogP) is 0.105. The highest BCUT2D eigenvalue weighted by Crippen LogP contribution is 2.19. The molecule has 0 saturated carbocycles. The number of nitrogens with zero attached hydrogens (tertiary/aromatic N) is 3. The van der Waals surface area contributed by atoms with Crippen molar-refractivity contribution in [1.82, 2.24) is 14.8 Å². The molecule has 0 aliphatic heterocycles. The van der Waals surface area contributed by atoms with Crippen LogP contribution in [-0.2, 0) is 12.5 Å². The molecule has 0 aromatic carbocycles. The second-order valence-electron chi connectivity index (χ2n) is 4.46. The Morgan fingerprint density at radius 1 is 1.50 bits per heavy atom. The van der Waals surface area contributed by atoms with Gasteiger partial charge in [0.05, 0.1) is 12.6 Å². The molecule has 0 spiro atoms. The molecule has 0 saturated heterocycles. The molecule has 1 aromatic rings. The number of hydrogen-bond acceptors (Lipinski definition) is 4. The standard InChI is InChI=1S/C9H18N4O/c1-9(2,3)8-11-7(6(10)5-14)13(4)12-8/h6,14H,5,10H2,1-4H3. The average molecular weight is 198 g/mol. The highest BCUT2D eigenvalue weighted by atomic mass is 16.3. The van der Waals surface area contributed by atoms with Crippen molar-refractivity contribution in [2.24, 2.45) is 12.8 Å². The molecule has 1 unspecified atom stereocenters. The second kappa shape index (κ2) is 3.67. The highest BCUT2D eigenvalue weighted by molar-refractivity contribution is 5.05. The Hall–Kier alpha value is -0.940. The van der Waals surface area contributed by atoms with Gasteiger partial charge in [0.2, 0.25) is 0 Å². The molecule has 0 aliphatic carbocycles. The lowest BCUT2D eigenvalue weighted by atomic mass is 9.96. The number of aliphatic hydroxyl groups excluding tert-OH is 1. The van der Waals surface area contributed by atoms with Crippen LogP contribution >= 0.6 is 0 Å². The van der Waals surface area contributed by atoms with Gasteiger partial charge in [-0.3, -0.25) is 4.68 Å². The van der Waals surface area contributed by atoms with Gasteiger partial charge < -0.3 is 10.8 Å². The molecule has 1 heterocycles. The first-order chi connectivity index (χ1) is 6.36. The molecular formula is C9H18N4O. The number of nitrogens with two attached hydrogens (primary N) is 1. The smallest absolute Gasteiger partial charge is 0.156 e. The maximum atomic E-state index is 8.92. The van der Waals surface area contributed by atoms with Gasteiger partial charge in [0.25, 0.3) is 0 Å². The Balaban J connectivity index is 3.05. The van der Waals surface area contributed by atoms with Crippen LogP contribution < -0.4 is 5.73 Å². The second-order valence-corrected chi connectivity index (χ2v) is 4.46. The van der Waals surface area contributed by atoms with Crippen molar-refractivity contribution in [2.45, 2.75) is 32.2 Å². The van der Waals surface area contributed by atoms with Crippen LogP contribution in [0.15, 0.2) is 0 Å². The third kappa shape index (κ3) is 2.10. The van der Waals surface area contributed by atoms with Gasteiger partial charge in [-0.2, -0.15) is 5.10 Å². The number of aryl methyl sites for hydroxylation is 1. The molecule has 0 radical (unpaired) electrons. The summed E-state index contributed by atoms with van der Waals surface area (Å²) in [6.45, 7) is 6.00. The molecule has 80 valence electrons. The average Bonchev–Trinajstić information content (AvgIpc) is 2.45. The van der Waals surface area contributed by atoms with E-state index in [1.807, 2.05) is 20.8 Å². The van der Waals surface area contributed by atoms with Crippen molar-refractivity contribution in [3.05, 3.63) is 11.6 Å². The summed E-state index contributed by atoms with van der Waals surface area (Å²) in [6, 6.07) is -0.455. The van der Waals surface area contributed by atoms with E-state index in [1.165, 1.54) is 0 Å². The van der Waals surface area contributed by atoms with Gasteiger partial charge in [-0.25, -0.2) is 4.98 Å². The zero-order valence-electron chi connectivity index (χ0n) is 9.15. The van der Waals surface area contributed by atoms with Gasteiger partial charge >= 0.3 is 0 Å². The largest absolute Gasteiger partial charge is 0.394 e. The first-order valence-electron chi connectivity index (χ1n) is 4.64. The summed E-state index contributed by atoms with van der Waals surface area (Å²) in [5, 5.41) is 13.2. The normalized spacial score (nSPS) is 14.4. The van der Waals surface area contributed by atoms with E-state index < -0.39 is 6.04 Å². The lowest BCUT2D eigenvalue weighted by Gasteiger charge is -2.12. The van der Waals surface area contributed by atoms with Crippen LogP contribution in [0.2, 0.25) is 0 Å². The molecular weight excluding hydrogens is 180 g/mol. The topological polar surface area (TPSA) is 77.0 Å². The molecule has 0 amide bonds. The van der Waals surface area contributed by atoms with E-state index in [0.29, 0.717) is 5.82 Å². The van der Waals surface area contributed by atoms with Crippen LogP contribution in [0.5, 0.6) is 0 Å². The van der Waals surface area contributed by atoms with Gasteiger partial charge in [0.15, 0.2) is 5.82 Å². The van der Waals surface area contributed by atoms with Crippen molar-refractivity contribution < 1.29 is 5.11 Å². The summed E-state index contributed by atoms with van der Waals surface area (Å²) in [4.78, 5) is 4.32. The summed E-state index contributed by atoms with van der Waals surface area (Å²) >= 11 is 0. The summed E-state index contributed by atoms with van der Waals surface area (Å²) < 4.78 is 1.63. The molecule has 1 atom stereocenters. The van der Waals surface area contributed by atoms with E-state index in [1.54, 1.807) is 11.7 Å². The SMILES string of the molecule is Cn1nc(C(C)(C)C)nc1C(N)CO. The van der Waals surface area contributed by atoms with E-state index in [9.17, 15) is 0 Å². The monoisotopic (exact) mass is 198 g/mol. The zero-order chi connectivity index (χ0) is 10.9. The fourth-order valence-corrected chi connectivity index (χ4v) is 1.12. The van der Waals surface area contributed by atoms with E-state index in [-0.39, 0.29) is 12.0 Å². The summed E-state index contributed by atoms with van der Waals surface area (Å²) in [7, 11) is 1.78. The van der Waals surface area contributed by atoms with Gasteiger partial charge in [-0.15, -0.1) is 0 Å². The van der Waals surface area contributed by atoms with Crippen LogP contribution in [0, 0.1) is 0 Å². The molecule has 0 bridgehead atoms. The first-order valence-corrected chi connectivity index (χ1v) is 4.64. The maximum absolute atomic E-state index is 8.92. The molecule has 5 nitrogen and oxygen atoms in total. The van der Waals surface area contributed by atoms with Crippen molar-refractivity contribution >= 4 is 0 Å². The molecule has 1 aromatic heterocycles. The minimum absolute atomic E-state index is 0.0921. The van der Waals surface area contributed by atoms with Gasteiger partial charge in [0, 0.05) is 12.5 Å². The van der Waals surface area contributed by atoms with Crippen LogP contribution in [0.25, 0.3) is 0 Å². The fourth-order valence-electron chi connectivity index (χ4n) is 1.12. The summed E-state index contributed by atoms with van der Waals surface area (Å²) in [6.07, 6.45) is 0. The van der Waals surface area contributed by atoms with Gasteiger partial charge in [-0.1, -0.05) is 20.8 Å². The van der Waals surface area contributed by atoms with Crippen molar-refractivity contribution in [3.8, 4) is 0 Å². The molecule has 0 fully saturated rings. The van der Waals surface area contributed by atoms with Crippen LogP contribution in [0.4, 0.5) is 0 Å². The van der Waals surface area contributed by atoms with Crippen LogP contribution in [0.3, 0.4) is 0 Å². The molecule has 1 rings (SSSR count). The Labute approximate surface area is 83.9 Å². The molecule has 14 heavy (non-hydrogen) atoms. The van der Waals surface area contributed by atoms with Crippen molar-refractivity contribution in [3.63, 3.8) is 0 Å². The first kappa shape index (κ1) is 11.1. The number of aliphatic hydroxyl groups is 1. The van der Waals surface area contributed by atoms with Gasteiger partial charge in [0.1, 0.15) is 5.82 Å². The zero-order valence-corrected chi connectivity index (χ0v) is 9.15. The predicted molar refractivity (Wildman–Crippen MR) is 53.7 cm³/mol. The number of hydrogen-bond donors (Lipinski definition) is 2. The number of aromatic nitrogens is 3. The van der Waals surface area contributed by atoms with E-state index in [0.717, 1.165) is 5.82 Å². The Morgan fingerprint density at radius 3 is 2.43 bits per heavy atom. The molecule has 3 N–H and O–H groups in total. The quantitative estimate of drug-likeness (QED) is 0.707. The van der Waals surface area contributed by atoms with Crippen molar-refractivity contribution in [2.75, 3.05) is 6.61 Å². The summed E-state index contributed by atoms with van der Waals surface area (Å²) in [5.74, 6) is 1.37. The van der Waals surface area contributed by atoms with Gasteiger partial charge in [-0.05, 0) is 0 Å². The highest BCUT2D eigenvalue weighted by Gasteiger charge is 2.22. The lowest BCUT2D eigenvalue weighted by molar-refractivity contribution is 0.260. The van der Waals surface area contributed by atoms with Crippen molar-refractivity contribution in [1.29, 1.82) is 0 Å². The van der Waals surface area contributed by atoms with E-state index in [2.05, 4.69) is 10.1 Å². The maximum Gasteiger partial charge on any atom is 0.156 e. The minimum Gasteiger partial charge on any atom is -0.394 e. The Bertz CT molecular complexity index is 313. The third-order valence-corrected chi connectivity index (χ3v) is 2.00. The molecule has 0 aliphatic rings. The fraction of sp³-hybridized carbons (Fsp3) is 0.778. The van der Waals surface area contributed by atoms with Crippen LogP contribution in [-0.4, -0.2) is 26.5 Å². The minimum atomic E-state index is -0.455. The third-order valence-electron chi connectivity index (χ3n) is 2.00.